The number of nitrogens with zero attached hydrogens (tertiary/aromatic N) is 3. The fourth-order valence-corrected chi connectivity index (χ4v) is 6.00. The number of hydrogen-bond acceptors (Lipinski definition) is 4. The molecular weight excluding hydrogens is 524 g/mol. The van der Waals surface area contributed by atoms with Crippen molar-refractivity contribution in [1.29, 1.82) is 0 Å². The molecule has 10 heteroatoms. The fraction of sp³-hybridized carbons (Fsp3) is 0.308. The molecule has 0 radical (unpaired) electrons. The average Bonchev–Trinajstić information content (AvgIpc) is 3.63. The Kier molecular flexibility index (Phi) is 6.80. The lowest BCUT2D eigenvalue weighted by atomic mass is 9.92. The van der Waals surface area contributed by atoms with Crippen molar-refractivity contribution in [3.05, 3.63) is 85.5 Å². The van der Waals surface area contributed by atoms with E-state index in [-0.39, 0.29) is 28.2 Å². The Morgan fingerprint density at radius 2 is 1.89 bits per heavy atom. The van der Waals surface area contributed by atoms with E-state index in [1.54, 1.807) is 31.4 Å². The standard InChI is InChI=1S/C26H24Cl2FN3O3S/c1-14(7-15-3-4-15)32(36(34)35)24-11-19-20(10-23(24)28)26(18-6-5-17(29)9-22(18)27)30-12-16-8-25(33)31(2)13-21(16)19/h5-6,8-11,13-15H,3-4,7,12H2,1-2H3,(H,34,35)/p-1. The van der Waals surface area contributed by atoms with Crippen LogP contribution in [0.4, 0.5) is 10.1 Å². The average molecular weight is 547 g/mol. The molecule has 2 heterocycles. The van der Waals surface area contributed by atoms with E-state index < -0.39 is 17.1 Å². The van der Waals surface area contributed by atoms with Gasteiger partial charge in [0.2, 0.25) is 0 Å². The Balaban J connectivity index is 1.75. The molecule has 0 saturated heterocycles. The second-order valence-corrected chi connectivity index (χ2v) is 11.0. The van der Waals surface area contributed by atoms with Crippen LogP contribution in [0.3, 0.4) is 0 Å². The van der Waals surface area contributed by atoms with Crippen molar-refractivity contribution in [1.82, 2.24) is 4.57 Å². The van der Waals surface area contributed by atoms with Crippen LogP contribution >= 0.6 is 23.2 Å². The van der Waals surface area contributed by atoms with Crippen molar-refractivity contribution in [2.75, 3.05) is 4.31 Å². The topological polar surface area (TPSA) is 77.7 Å². The molecule has 5 rings (SSSR count). The van der Waals surface area contributed by atoms with E-state index in [4.69, 9.17) is 28.2 Å². The van der Waals surface area contributed by atoms with Crippen molar-refractivity contribution >= 4 is 45.9 Å². The molecule has 2 atom stereocenters. The van der Waals surface area contributed by atoms with Crippen molar-refractivity contribution in [2.24, 2.45) is 18.0 Å². The van der Waals surface area contributed by atoms with Gasteiger partial charge in [0.05, 0.1) is 28.0 Å². The van der Waals surface area contributed by atoms with Gasteiger partial charge < -0.3 is 9.12 Å². The van der Waals surface area contributed by atoms with Crippen molar-refractivity contribution in [3.63, 3.8) is 0 Å². The van der Waals surface area contributed by atoms with E-state index in [2.05, 4.69) is 0 Å². The van der Waals surface area contributed by atoms with Gasteiger partial charge in [-0.1, -0.05) is 36.0 Å². The first-order valence-electron chi connectivity index (χ1n) is 11.6. The van der Waals surface area contributed by atoms with Crippen LogP contribution in [0.5, 0.6) is 0 Å². The molecule has 1 aliphatic heterocycles. The lowest BCUT2D eigenvalue weighted by Crippen LogP contribution is -2.35. The van der Waals surface area contributed by atoms with Gasteiger partial charge in [-0.2, -0.15) is 0 Å². The van der Waals surface area contributed by atoms with Crippen LogP contribution in [0, 0.1) is 11.7 Å². The number of aryl methyl sites for hydroxylation is 1. The summed E-state index contributed by atoms with van der Waals surface area (Å²) < 4.78 is 41.3. The molecule has 2 aromatic carbocycles. The summed E-state index contributed by atoms with van der Waals surface area (Å²) in [5.74, 6) is 0.0383. The summed E-state index contributed by atoms with van der Waals surface area (Å²) in [7, 11) is 1.65. The third-order valence-electron chi connectivity index (χ3n) is 6.71. The Bertz CT molecular complexity index is 1490. The Morgan fingerprint density at radius 1 is 1.14 bits per heavy atom. The minimum Gasteiger partial charge on any atom is -0.755 e. The van der Waals surface area contributed by atoms with E-state index in [9.17, 15) is 17.9 Å². The van der Waals surface area contributed by atoms with Gasteiger partial charge in [0.25, 0.3) is 5.56 Å². The summed E-state index contributed by atoms with van der Waals surface area (Å²) in [6.07, 6.45) is 4.65. The van der Waals surface area contributed by atoms with Crippen molar-refractivity contribution < 1.29 is 13.2 Å². The number of fused-ring (bicyclic) bond motifs is 3. The molecule has 0 bridgehead atoms. The van der Waals surface area contributed by atoms with E-state index in [0.717, 1.165) is 24.8 Å². The number of benzene rings is 2. The highest BCUT2D eigenvalue weighted by Gasteiger charge is 2.30. The monoisotopic (exact) mass is 546 g/mol. The summed E-state index contributed by atoms with van der Waals surface area (Å²) >= 11 is 10.6. The number of rotatable bonds is 6. The largest absolute Gasteiger partial charge is 0.755 e. The maximum Gasteiger partial charge on any atom is 0.250 e. The smallest absolute Gasteiger partial charge is 0.250 e. The first-order valence-corrected chi connectivity index (χ1v) is 13.3. The zero-order chi connectivity index (χ0) is 25.7. The van der Waals surface area contributed by atoms with E-state index in [1.165, 1.54) is 27.1 Å². The van der Waals surface area contributed by atoms with Gasteiger partial charge in [0.15, 0.2) is 0 Å². The summed E-state index contributed by atoms with van der Waals surface area (Å²) in [5.41, 5.74) is 3.83. The maximum atomic E-state index is 13.8. The second kappa shape index (κ2) is 9.74. The number of pyridine rings is 1. The zero-order valence-electron chi connectivity index (χ0n) is 19.6. The second-order valence-electron chi connectivity index (χ2n) is 9.37. The SMILES string of the molecule is CC(CC1CC1)N(c1cc2c(cc1Cl)C(c1ccc(F)cc1Cl)=NCc1cc(=O)n(C)cc1-2)S(=O)[O-]. The molecule has 1 aliphatic carbocycles. The minimum absolute atomic E-state index is 0.182. The molecule has 6 nitrogen and oxygen atoms in total. The number of aromatic nitrogens is 1. The normalized spacial score (nSPS) is 16.4. The third kappa shape index (κ3) is 4.75. The van der Waals surface area contributed by atoms with Crippen LogP contribution in [-0.4, -0.2) is 25.1 Å². The van der Waals surface area contributed by atoms with Crippen molar-refractivity contribution in [2.45, 2.75) is 38.8 Å². The highest BCUT2D eigenvalue weighted by atomic mass is 35.5. The number of hydrogen-bond donors (Lipinski definition) is 0. The quantitative estimate of drug-likeness (QED) is 0.375. The van der Waals surface area contributed by atoms with Crippen LogP contribution in [0.25, 0.3) is 11.1 Å². The predicted octanol–water partition coefficient (Wildman–Crippen LogP) is 5.64. The van der Waals surface area contributed by atoms with E-state index in [1.807, 2.05) is 6.92 Å². The molecule has 0 N–H and O–H groups in total. The lowest BCUT2D eigenvalue weighted by Gasteiger charge is -2.34. The van der Waals surface area contributed by atoms with Crippen LogP contribution in [0.1, 0.15) is 42.9 Å². The molecule has 36 heavy (non-hydrogen) atoms. The molecule has 3 aromatic rings. The van der Waals surface area contributed by atoms with Gasteiger partial charge in [0, 0.05) is 53.3 Å². The van der Waals surface area contributed by atoms with Gasteiger partial charge in [-0.15, -0.1) is 0 Å². The zero-order valence-corrected chi connectivity index (χ0v) is 22.0. The first kappa shape index (κ1) is 25.1. The number of halogens is 3. The molecule has 1 aromatic heterocycles. The van der Waals surface area contributed by atoms with Crippen LogP contribution in [0.15, 0.2) is 52.4 Å². The van der Waals surface area contributed by atoms with Crippen LogP contribution < -0.4 is 9.86 Å². The highest BCUT2D eigenvalue weighted by Crippen LogP contribution is 2.42. The molecular formula is C26H23Cl2FN3O3S-. The van der Waals surface area contributed by atoms with E-state index in [0.29, 0.717) is 39.6 Å². The fourth-order valence-electron chi connectivity index (χ4n) is 4.75. The van der Waals surface area contributed by atoms with Gasteiger partial charge in [-0.3, -0.25) is 18.3 Å². The summed E-state index contributed by atoms with van der Waals surface area (Å²) in [5, 5.41) is 0.418. The lowest BCUT2D eigenvalue weighted by molar-refractivity contribution is 0.514. The Labute approximate surface area is 220 Å². The molecule has 1 fully saturated rings. The highest BCUT2D eigenvalue weighted by molar-refractivity contribution is 7.80. The van der Waals surface area contributed by atoms with Gasteiger partial charge in [0.1, 0.15) is 5.82 Å². The number of anilines is 1. The molecule has 188 valence electrons. The van der Waals surface area contributed by atoms with Gasteiger partial charge >= 0.3 is 0 Å². The molecule has 0 spiro atoms. The maximum absolute atomic E-state index is 13.8. The first-order chi connectivity index (χ1) is 17.1. The van der Waals surface area contributed by atoms with Crippen LogP contribution in [0.2, 0.25) is 10.0 Å². The minimum atomic E-state index is -2.55. The summed E-state index contributed by atoms with van der Waals surface area (Å²) in [6, 6.07) is 8.71. The molecule has 2 unspecified atom stereocenters. The molecule has 0 amide bonds. The van der Waals surface area contributed by atoms with Crippen LogP contribution in [-0.2, 0) is 24.9 Å². The van der Waals surface area contributed by atoms with Gasteiger partial charge in [-0.05, 0) is 60.7 Å². The third-order valence-corrected chi connectivity index (χ3v) is 8.20. The Hall–Kier alpha value is -2.52. The van der Waals surface area contributed by atoms with Crippen molar-refractivity contribution in [3.8, 4) is 11.1 Å². The Morgan fingerprint density at radius 3 is 2.56 bits per heavy atom. The predicted molar refractivity (Wildman–Crippen MR) is 141 cm³/mol. The number of aliphatic imine (C=N–C) groups is 1. The summed E-state index contributed by atoms with van der Waals surface area (Å²) in [4.78, 5) is 17.2. The van der Waals surface area contributed by atoms with Gasteiger partial charge in [-0.25, -0.2) is 4.39 Å². The molecule has 2 aliphatic rings. The molecule has 1 saturated carbocycles. The van der Waals surface area contributed by atoms with E-state index >= 15 is 0 Å². The summed E-state index contributed by atoms with van der Waals surface area (Å²) in [6.45, 7) is 2.06.